The first kappa shape index (κ1) is 23.8. The van der Waals surface area contributed by atoms with Gasteiger partial charge in [0.05, 0.1) is 6.54 Å². The Kier molecular flexibility index (Phi) is 9.78. The third kappa shape index (κ3) is 6.82. The highest BCUT2D eigenvalue weighted by Gasteiger charge is 2.10. The van der Waals surface area contributed by atoms with Gasteiger partial charge in [-0.3, -0.25) is 4.40 Å². The number of halogens is 2. The smallest absolute Gasteiger partial charge is 0.191 e. The van der Waals surface area contributed by atoms with Gasteiger partial charge >= 0.3 is 0 Å². The van der Waals surface area contributed by atoms with Crippen molar-refractivity contribution in [2.24, 2.45) is 4.99 Å². The first-order valence-electron chi connectivity index (χ1n) is 9.92. The molecule has 9 heteroatoms. The van der Waals surface area contributed by atoms with Crippen LogP contribution in [0.3, 0.4) is 0 Å². The fourth-order valence-corrected chi connectivity index (χ4v) is 2.87. The van der Waals surface area contributed by atoms with Crippen molar-refractivity contribution in [1.29, 1.82) is 0 Å². The zero-order valence-electron chi connectivity index (χ0n) is 17.2. The fraction of sp³-hybridized carbons (Fsp3) is 0.381. The molecule has 3 rings (SSSR count). The largest absolute Gasteiger partial charge is 0.488 e. The van der Waals surface area contributed by atoms with Gasteiger partial charge in [0.1, 0.15) is 23.5 Å². The third-order valence-corrected chi connectivity index (χ3v) is 4.38. The summed E-state index contributed by atoms with van der Waals surface area (Å²) in [4.78, 5) is 4.62. The van der Waals surface area contributed by atoms with Crippen LogP contribution in [0.15, 0.2) is 53.7 Å². The molecule has 162 valence electrons. The number of ether oxygens (including phenoxy) is 1. The third-order valence-electron chi connectivity index (χ3n) is 4.38. The minimum absolute atomic E-state index is 0. The molecule has 1 atom stereocenters. The van der Waals surface area contributed by atoms with Gasteiger partial charge in [0.2, 0.25) is 0 Å². The number of hydrogen-bond donors (Lipinski definition) is 2. The van der Waals surface area contributed by atoms with Crippen LogP contribution in [-0.2, 0) is 6.42 Å². The summed E-state index contributed by atoms with van der Waals surface area (Å²) >= 11 is 0. The molecule has 0 spiro atoms. The monoisotopic (exact) mass is 526 g/mol. The molecular weight excluding hydrogens is 498 g/mol. The molecule has 0 saturated heterocycles. The van der Waals surface area contributed by atoms with Crippen LogP contribution in [-0.4, -0.2) is 46.3 Å². The second-order valence-electron chi connectivity index (χ2n) is 6.55. The predicted molar refractivity (Wildman–Crippen MR) is 127 cm³/mol. The molecule has 0 bridgehead atoms. The molecule has 7 nitrogen and oxygen atoms in total. The van der Waals surface area contributed by atoms with Crippen molar-refractivity contribution in [3.63, 3.8) is 0 Å². The summed E-state index contributed by atoms with van der Waals surface area (Å²) in [5.41, 5.74) is 0.836. The summed E-state index contributed by atoms with van der Waals surface area (Å²) < 4.78 is 21.2. The average molecular weight is 526 g/mol. The highest BCUT2D eigenvalue weighted by atomic mass is 127. The molecule has 0 amide bonds. The molecule has 0 saturated carbocycles. The van der Waals surface area contributed by atoms with Gasteiger partial charge in [-0.15, -0.1) is 34.2 Å². The minimum atomic E-state index is -0.308. The Bertz CT molecular complexity index is 948. The summed E-state index contributed by atoms with van der Waals surface area (Å²) in [6.45, 7) is 5.93. The summed E-state index contributed by atoms with van der Waals surface area (Å²) in [7, 11) is 0. The molecule has 2 aromatic heterocycles. The molecule has 0 aliphatic carbocycles. The molecule has 0 radical (unpaired) electrons. The van der Waals surface area contributed by atoms with E-state index in [9.17, 15) is 4.39 Å². The molecule has 1 aromatic carbocycles. The van der Waals surface area contributed by atoms with Crippen molar-refractivity contribution in [2.45, 2.75) is 32.8 Å². The maximum Gasteiger partial charge on any atom is 0.191 e. The van der Waals surface area contributed by atoms with E-state index < -0.39 is 0 Å². The maximum absolute atomic E-state index is 13.4. The van der Waals surface area contributed by atoms with Gasteiger partial charge < -0.3 is 15.4 Å². The zero-order chi connectivity index (χ0) is 20.5. The SMILES string of the molecule is CCNC(=NCC(CC)Oc1cccc(F)c1)NCCc1nnc2ccccn12.I. The number of nitrogens with zero attached hydrogens (tertiary/aromatic N) is 4. The lowest BCUT2D eigenvalue weighted by Crippen LogP contribution is -2.39. The lowest BCUT2D eigenvalue weighted by molar-refractivity contribution is 0.205. The van der Waals surface area contributed by atoms with Gasteiger partial charge in [-0.25, -0.2) is 9.38 Å². The van der Waals surface area contributed by atoms with E-state index in [2.05, 4.69) is 25.8 Å². The van der Waals surface area contributed by atoms with Gasteiger partial charge in [-0.2, -0.15) is 0 Å². The van der Waals surface area contributed by atoms with Crippen LogP contribution in [0.5, 0.6) is 5.75 Å². The summed E-state index contributed by atoms with van der Waals surface area (Å²) in [5, 5.41) is 15.0. The number of pyridine rings is 1. The second-order valence-corrected chi connectivity index (χ2v) is 6.55. The van der Waals surface area contributed by atoms with Crippen LogP contribution < -0.4 is 15.4 Å². The Morgan fingerprint density at radius 2 is 2.03 bits per heavy atom. The van der Waals surface area contributed by atoms with Crippen molar-refractivity contribution in [3.05, 3.63) is 60.3 Å². The van der Waals surface area contributed by atoms with Crippen LogP contribution in [0, 0.1) is 5.82 Å². The van der Waals surface area contributed by atoms with E-state index >= 15 is 0 Å². The normalized spacial score (nSPS) is 12.3. The molecule has 0 fully saturated rings. The Morgan fingerprint density at radius 1 is 1.17 bits per heavy atom. The zero-order valence-corrected chi connectivity index (χ0v) is 19.5. The number of fused-ring (bicyclic) bond motifs is 1. The summed E-state index contributed by atoms with van der Waals surface area (Å²) in [6, 6.07) is 12.0. The van der Waals surface area contributed by atoms with Crippen LogP contribution in [0.4, 0.5) is 4.39 Å². The van der Waals surface area contributed by atoms with Crippen molar-refractivity contribution < 1.29 is 9.13 Å². The Labute approximate surface area is 193 Å². The predicted octanol–water partition coefficient (Wildman–Crippen LogP) is 3.44. The Balaban J connectivity index is 0.00000320. The van der Waals surface area contributed by atoms with Gasteiger partial charge in [-0.05, 0) is 37.6 Å². The standard InChI is InChI=1S/C21H27FN6O.HI/c1-3-17(29-18-9-7-8-16(22)14-18)15-25-21(23-4-2)24-12-11-20-27-26-19-10-5-6-13-28(19)20;/h5-10,13-14,17H,3-4,11-12,15H2,1-2H3,(H2,23,24,25);1H. The van der Waals surface area contributed by atoms with Crippen LogP contribution >= 0.6 is 24.0 Å². The number of hydrogen-bond acceptors (Lipinski definition) is 4. The Hall–Kier alpha value is -2.43. The van der Waals surface area contributed by atoms with Crippen molar-refractivity contribution in [2.75, 3.05) is 19.6 Å². The van der Waals surface area contributed by atoms with Gasteiger partial charge in [0.15, 0.2) is 11.6 Å². The number of aromatic nitrogens is 3. The molecule has 0 aliphatic rings. The minimum Gasteiger partial charge on any atom is -0.488 e. The van der Waals surface area contributed by atoms with E-state index in [1.54, 1.807) is 12.1 Å². The van der Waals surface area contributed by atoms with E-state index in [4.69, 9.17) is 4.74 Å². The first-order chi connectivity index (χ1) is 14.2. The van der Waals surface area contributed by atoms with E-state index in [0.717, 1.165) is 24.4 Å². The maximum atomic E-state index is 13.4. The number of guanidine groups is 1. The highest BCUT2D eigenvalue weighted by molar-refractivity contribution is 14.0. The van der Waals surface area contributed by atoms with Crippen molar-refractivity contribution in [1.82, 2.24) is 25.2 Å². The van der Waals surface area contributed by atoms with E-state index in [0.29, 0.717) is 31.2 Å². The highest BCUT2D eigenvalue weighted by Crippen LogP contribution is 2.15. The molecule has 30 heavy (non-hydrogen) atoms. The van der Waals surface area contributed by atoms with E-state index in [1.807, 2.05) is 42.6 Å². The number of nitrogens with one attached hydrogen (secondary N) is 2. The molecule has 1 unspecified atom stereocenters. The van der Waals surface area contributed by atoms with Crippen molar-refractivity contribution in [3.8, 4) is 5.75 Å². The van der Waals surface area contributed by atoms with Gasteiger partial charge in [-0.1, -0.05) is 19.1 Å². The van der Waals surface area contributed by atoms with Crippen LogP contribution in [0.25, 0.3) is 5.65 Å². The topological polar surface area (TPSA) is 75.8 Å². The van der Waals surface area contributed by atoms with E-state index in [-0.39, 0.29) is 35.9 Å². The lowest BCUT2D eigenvalue weighted by atomic mass is 10.2. The lowest BCUT2D eigenvalue weighted by Gasteiger charge is -2.17. The first-order valence-corrected chi connectivity index (χ1v) is 9.92. The number of rotatable bonds is 9. The quantitative estimate of drug-likeness (QED) is 0.254. The second kappa shape index (κ2) is 12.3. The van der Waals surface area contributed by atoms with Gasteiger partial charge in [0.25, 0.3) is 0 Å². The number of aliphatic imine (C=N–C) groups is 1. The molecule has 3 aromatic rings. The summed E-state index contributed by atoms with van der Waals surface area (Å²) in [5.74, 6) is 1.81. The van der Waals surface area contributed by atoms with E-state index in [1.165, 1.54) is 12.1 Å². The van der Waals surface area contributed by atoms with Crippen LogP contribution in [0.2, 0.25) is 0 Å². The van der Waals surface area contributed by atoms with Crippen molar-refractivity contribution >= 4 is 35.6 Å². The Morgan fingerprint density at radius 3 is 2.80 bits per heavy atom. The molecule has 2 N–H and O–H groups in total. The van der Waals surface area contributed by atoms with Crippen LogP contribution in [0.1, 0.15) is 26.1 Å². The average Bonchev–Trinajstić information content (AvgIpc) is 3.14. The molecule has 2 heterocycles. The molecular formula is C21H28FIN6O. The summed E-state index contributed by atoms with van der Waals surface area (Å²) in [6.07, 6.45) is 3.31. The van der Waals surface area contributed by atoms with Gasteiger partial charge in [0, 0.05) is 31.8 Å². The fourth-order valence-electron chi connectivity index (χ4n) is 2.87. The molecule has 0 aliphatic heterocycles. The number of benzene rings is 1.